The number of nitro benzene ring substituents is 2. The number of H-pyrrole nitrogens is 2. The summed E-state index contributed by atoms with van der Waals surface area (Å²) in [7, 11) is 0. The molecule has 1 amide bonds. The van der Waals surface area contributed by atoms with Crippen LogP contribution >= 0.6 is 0 Å². The average molecular weight is 399 g/mol. The number of aryl methyl sites for hydroxylation is 1. The lowest BCUT2D eigenvalue weighted by atomic mass is 10.1. The maximum atomic E-state index is 12.2. The van der Waals surface area contributed by atoms with Gasteiger partial charge in [0.25, 0.3) is 11.4 Å². The number of nitro groups is 2. The predicted octanol–water partition coefficient (Wildman–Crippen LogP) is 1.60. The van der Waals surface area contributed by atoms with Crippen LogP contribution in [0.4, 0.5) is 17.1 Å². The van der Waals surface area contributed by atoms with Gasteiger partial charge in [0.1, 0.15) is 0 Å². The second-order valence-electron chi connectivity index (χ2n) is 6.04. The van der Waals surface area contributed by atoms with E-state index in [4.69, 9.17) is 0 Å². The molecule has 0 aliphatic carbocycles. The summed E-state index contributed by atoms with van der Waals surface area (Å²) in [5.74, 6) is -0.440. The van der Waals surface area contributed by atoms with Crippen molar-refractivity contribution >= 4 is 34.0 Å². The summed E-state index contributed by atoms with van der Waals surface area (Å²) >= 11 is 0. The Kier molecular flexibility index (Phi) is 5.17. The molecule has 148 valence electrons. The Morgan fingerprint density at radius 3 is 2.17 bits per heavy atom. The predicted molar refractivity (Wildman–Crippen MR) is 102 cm³/mol. The highest BCUT2D eigenvalue weighted by Gasteiger charge is 2.15. The monoisotopic (exact) mass is 399 g/mol. The van der Waals surface area contributed by atoms with Crippen molar-refractivity contribution in [3.8, 4) is 0 Å². The highest BCUT2D eigenvalue weighted by Crippen LogP contribution is 2.23. The van der Waals surface area contributed by atoms with Crippen LogP contribution in [0.3, 0.4) is 0 Å². The molecule has 1 heterocycles. The van der Waals surface area contributed by atoms with Crippen LogP contribution in [0, 0.1) is 20.2 Å². The zero-order valence-electron chi connectivity index (χ0n) is 14.6. The quantitative estimate of drug-likeness (QED) is 0.319. The zero-order chi connectivity index (χ0) is 21.1. The van der Waals surface area contributed by atoms with Gasteiger partial charge in [0.05, 0.1) is 20.9 Å². The van der Waals surface area contributed by atoms with Gasteiger partial charge in [-0.3, -0.25) is 34.6 Å². The summed E-state index contributed by atoms with van der Waals surface area (Å²) in [4.78, 5) is 60.4. The summed E-state index contributed by atoms with van der Waals surface area (Å²) in [6, 6.07) is 7.57. The van der Waals surface area contributed by atoms with Crippen LogP contribution in [-0.4, -0.2) is 25.7 Å². The molecule has 2 aromatic carbocycles. The number of aromatic amines is 2. The van der Waals surface area contributed by atoms with Gasteiger partial charge in [-0.15, -0.1) is 0 Å². The molecule has 12 nitrogen and oxygen atoms in total. The van der Waals surface area contributed by atoms with Crippen molar-refractivity contribution in [2.75, 3.05) is 5.32 Å². The fraction of sp³-hybridized carbons (Fsp3) is 0.118. The normalized spacial score (nSPS) is 10.6. The van der Waals surface area contributed by atoms with Crippen LogP contribution < -0.4 is 16.4 Å². The van der Waals surface area contributed by atoms with Crippen LogP contribution in [0.1, 0.15) is 12.0 Å². The van der Waals surface area contributed by atoms with Gasteiger partial charge in [0.15, 0.2) is 0 Å². The Balaban J connectivity index is 1.81. The van der Waals surface area contributed by atoms with E-state index in [9.17, 15) is 34.6 Å². The number of nitrogens with zero attached hydrogens (tertiary/aromatic N) is 2. The number of anilines is 1. The number of aromatic nitrogens is 2. The van der Waals surface area contributed by atoms with E-state index in [0.717, 1.165) is 6.07 Å². The summed E-state index contributed by atoms with van der Waals surface area (Å²) in [6.07, 6.45) is -0.0482. The number of hydrogen-bond donors (Lipinski definition) is 3. The molecule has 3 aromatic rings. The van der Waals surface area contributed by atoms with E-state index in [0.29, 0.717) is 11.3 Å². The zero-order valence-corrected chi connectivity index (χ0v) is 14.6. The molecule has 29 heavy (non-hydrogen) atoms. The standard InChI is InChI=1S/C17H13N5O7/c23-14(18-10-2-4-11(5-3-10)21(26)27)6-1-9-7-12(22(28)29)8-13-15(9)20-17(25)16(24)19-13/h2-5,7-8H,1,6H2,(H,18,23)(H,19,24)(H,20,25). The molecule has 12 heteroatoms. The van der Waals surface area contributed by atoms with E-state index in [1.165, 1.54) is 30.3 Å². The molecule has 0 radical (unpaired) electrons. The average Bonchev–Trinajstić information content (AvgIpc) is 2.67. The van der Waals surface area contributed by atoms with Crippen LogP contribution in [0.15, 0.2) is 46.0 Å². The van der Waals surface area contributed by atoms with Crippen molar-refractivity contribution in [3.63, 3.8) is 0 Å². The summed E-state index contributed by atoms with van der Waals surface area (Å²) < 4.78 is 0. The number of non-ortho nitro benzene ring substituents is 2. The highest BCUT2D eigenvalue weighted by atomic mass is 16.6. The van der Waals surface area contributed by atoms with Crippen molar-refractivity contribution in [1.82, 2.24) is 9.97 Å². The van der Waals surface area contributed by atoms with Crippen molar-refractivity contribution in [3.05, 3.63) is 82.9 Å². The molecule has 0 saturated heterocycles. The number of carbonyl (C=O) groups is 1. The van der Waals surface area contributed by atoms with Gasteiger partial charge in [0.2, 0.25) is 5.91 Å². The van der Waals surface area contributed by atoms with E-state index in [2.05, 4.69) is 15.3 Å². The first-order chi connectivity index (χ1) is 13.7. The van der Waals surface area contributed by atoms with E-state index in [-0.39, 0.29) is 35.2 Å². The van der Waals surface area contributed by atoms with E-state index in [1.807, 2.05) is 0 Å². The Morgan fingerprint density at radius 2 is 1.55 bits per heavy atom. The number of carbonyl (C=O) groups excluding carboxylic acids is 1. The third-order valence-corrected chi connectivity index (χ3v) is 4.09. The van der Waals surface area contributed by atoms with Gasteiger partial charge in [-0.05, 0) is 24.1 Å². The van der Waals surface area contributed by atoms with Crippen molar-refractivity contribution in [2.24, 2.45) is 0 Å². The summed E-state index contributed by atoms with van der Waals surface area (Å²) in [5.41, 5.74) is -1.35. The van der Waals surface area contributed by atoms with Gasteiger partial charge in [-0.25, -0.2) is 0 Å². The number of amides is 1. The first-order valence-corrected chi connectivity index (χ1v) is 8.22. The van der Waals surface area contributed by atoms with Gasteiger partial charge >= 0.3 is 11.1 Å². The number of hydrogen-bond acceptors (Lipinski definition) is 7. The Bertz CT molecular complexity index is 1240. The molecule has 0 aliphatic heterocycles. The lowest BCUT2D eigenvalue weighted by molar-refractivity contribution is -0.385. The van der Waals surface area contributed by atoms with Gasteiger partial charge in [-0.2, -0.15) is 0 Å². The van der Waals surface area contributed by atoms with Gasteiger partial charge in [-0.1, -0.05) is 0 Å². The van der Waals surface area contributed by atoms with Crippen molar-refractivity contribution in [1.29, 1.82) is 0 Å². The van der Waals surface area contributed by atoms with E-state index in [1.54, 1.807) is 0 Å². The molecule has 0 fully saturated rings. The van der Waals surface area contributed by atoms with Gasteiger partial charge in [0, 0.05) is 36.4 Å². The molecule has 3 rings (SSSR count). The first kappa shape index (κ1) is 19.4. The Hall–Kier alpha value is -4.35. The molecule has 0 spiro atoms. The molecule has 0 bridgehead atoms. The minimum Gasteiger partial charge on any atom is -0.326 e. The fourth-order valence-electron chi connectivity index (χ4n) is 2.72. The molecule has 0 saturated carbocycles. The van der Waals surface area contributed by atoms with Crippen LogP contribution in [0.5, 0.6) is 0 Å². The molecule has 0 atom stereocenters. The molecular formula is C17H13N5O7. The lowest BCUT2D eigenvalue weighted by Gasteiger charge is -2.08. The number of fused-ring (bicyclic) bond motifs is 1. The van der Waals surface area contributed by atoms with Crippen molar-refractivity contribution in [2.45, 2.75) is 12.8 Å². The van der Waals surface area contributed by atoms with Gasteiger partial charge < -0.3 is 15.3 Å². The molecule has 0 aliphatic rings. The molecule has 3 N–H and O–H groups in total. The number of benzene rings is 2. The maximum absolute atomic E-state index is 12.2. The smallest absolute Gasteiger partial charge is 0.314 e. The Morgan fingerprint density at radius 1 is 0.931 bits per heavy atom. The fourth-order valence-corrected chi connectivity index (χ4v) is 2.72. The van der Waals surface area contributed by atoms with Crippen LogP contribution in [0.25, 0.3) is 11.0 Å². The second kappa shape index (κ2) is 7.72. The molecular weight excluding hydrogens is 386 g/mol. The van der Waals surface area contributed by atoms with Crippen LogP contribution in [0.2, 0.25) is 0 Å². The minimum atomic E-state index is -0.945. The topological polar surface area (TPSA) is 181 Å². The van der Waals surface area contributed by atoms with Crippen LogP contribution in [-0.2, 0) is 11.2 Å². The third-order valence-electron chi connectivity index (χ3n) is 4.09. The molecule has 1 aromatic heterocycles. The Labute approximate surface area is 160 Å². The second-order valence-corrected chi connectivity index (χ2v) is 6.04. The largest absolute Gasteiger partial charge is 0.326 e. The SMILES string of the molecule is O=C(CCc1cc([N+](=O)[O-])cc2[nH]c(=O)c(=O)[nH]c12)Nc1ccc([N+](=O)[O-])cc1. The minimum absolute atomic E-state index is 0.0407. The summed E-state index contributed by atoms with van der Waals surface area (Å²) in [5, 5.41) is 24.3. The summed E-state index contributed by atoms with van der Waals surface area (Å²) in [6.45, 7) is 0. The molecule has 0 unspecified atom stereocenters. The third kappa shape index (κ3) is 4.32. The van der Waals surface area contributed by atoms with Crippen molar-refractivity contribution < 1.29 is 14.6 Å². The maximum Gasteiger partial charge on any atom is 0.314 e. The number of nitrogens with one attached hydrogen (secondary N) is 3. The highest BCUT2D eigenvalue weighted by molar-refractivity contribution is 5.91. The first-order valence-electron chi connectivity index (χ1n) is 8.22. The number of rotatable bonds is 6. The lowest BCUT2D eigenvalue weighted by Crippen LogP contribution is -2.29. The van der Waals surface area contributed by atoms with E-state index < -0.39 is 26.9 Å². The van der Waals surface area contributed by atoms with E-state index >= 15 is 0 Å².